The van der Waals surface area contributed by atoms with Crippen LogP contribution in [0, 0.1) is 0 Å². The van der Waals surface area contributed by atoms with Gasteiger partial charge in [-0.15, -0.1) is 0 Å². The first kappa shape index (κ1) is 15.6. The van der Waals surface area contributed by atoms with Gasteiger partial charge in [0.05, 0.1) is 21.7 Å². The molecule has 0 N–H and O–H groups in total. The number of Topliss-reactive ketones (excluding diaryl/α,β-unsaturated/α-hetero) is 1. The van der Waals surface area contributed by atoms with Crippen LogP contribution >= 0.6 is 11.3 Å². The third-order valence-corrected chi connectivity index (χ3v) is 5.53. The van der Waals surface area contributed by atoms with Gasteiger partial charge >= 0.3 is 4.87 Å². The highest BCUT2D eigenvalue weighted by atomic mass is 32.2. The molecule has 0 saturated carbocycles. The van der Waals surface area contributed by atoms with Crippen LogP contribution in [0.5, 0.6) is 0 Å². The molecule has 0 fully saturated rings. The molecule has 2 aromatic carbocycles. The van der Waals surface area contributed by atoms with Gasteiger partial charge in [-0.3, -0.25) is 14.2 Å². The predicted molar refractivity (Wildman–Crippen MR) is 90.0 cm³/mol. The standard InChI is InChI=1S/C16H13NO4S2/c1-23(20,21)12-6-4-5-11(9-12)14(18)10-17-13-7-2-3-8-15(13)22-16(17)19/h2-9H,10H2,1H3. The fourth-order valence-electron chi connectivity index (χ4n) is 2.30. The molecule has 3 aromatic rings. The lowest BCUT2D eigenvalue weighted by molar-refractivity contribution is 0.0972. The highest BCUT2D eigenvalue weighted by Crippen LogP contribution is 2.18. The van der Waals surface area contributed by atoms with Crippen molar-refractivity contribution in [1.82, 2.24) is 4.57 Å². The van der Waals surface area contributed by atoms with E-state index < -0.39 is 9.84 Å². The van der Waals surface area contributed by atoms with Gasteiger partial charge in [0, 0.05) is 11.8 Å². The fourth-order valence-corrected chi connectivity index (χ4v) is 3.86. The van der Waals surface area contributed by atoms with Gasteiger partial charge in [0.15, 0.2) is 15.6 Å². The molecule has 0 radical (unpaired) electrons. The van der Waals surface area contributed by atoms with Gasteiger partial charge in [-0.25, -0.2) is 8.42 Å². The Balaban J connectivity index is 1.99. The van der Waals surface area contributed by atoms with Crippen LogP contribution in [0.2, 0.25) is 0 Å². The molecule has 0 aliphatic rings. The lowest BCUT2D eigenvalue weighted by Gasteiger charge is -2.05. The van der Waals surface area contributed by atoms with E-state index in [4.69, 9.17) is 0 Å². The number of aromatic nitrogens is 1. The molecule has 5 nitrogen and oxygen atoms in total. The second-order valence-electron chi connectivity index (χ2n) is 5.15. The number of nitrogens with zero attached hydrogens (tertiary/aromatic N) is 1. The van der Waals surface area contributed by atoms with Gasteiger partial charge in [-0.1, -0.05) is 35.6 Å². The number of para-hydroxylation sites is 1. The molecule has 7 heteroatoms. The molecule has 0 aliphatic heterocycles. The fraction of sp³-hybridized carbons (Fsp3) is 0.125. The normalized spacial score (nSPS) is 11.7. The van der Waals surface area contributed by atoms with Crippen LogP contribution in [-0.4, -0.2) is 25.0 Å². The van der Waals surface area contributed by atoms with Crippen molar-refractivity contribution in [1.29, 1.82) is 0 Å². The van der Waals surface area contributed by atoms with E-state index in [0.717, 1.165) is 22.3 Å². The maximum Gasteiger partial charge on any atom is 0.308 e. The first-order valence-corrected chi connectivity index (χ1v) is 9.49. The Kier molecular flexibility index (Phi) is 3.91. The average Bonchev–Trinajstić information content (AvgIpc) is 2.83. The van der Waals surface area contributed by atoms with E-state index in [1.165, 1.54) is 22.8 Å². The second kappa shape index (κ2) is 5.75. The van der Waals surface area contributed by atoms with E-state index in [2.05, 4.69) is 0 Å². The first-order chi connectivity index (χ1) is 10.9. The molecule has 0 atom stereocenters. The van der Waals surface area contributed by atoms with Crippen molar-refractivity contribution >= 4 is 37.2 Å². The summed E-state index contributed by atoms with van der Waals surface area (Å²) in [5, 5.41) is 0. The van der Waals surface area contributed by atoms with Crippen LogP contribution in [0.25, 0.3) is 10.2 Å². The Labute approximate surface area is 136 Å². The number of rotatable bonds is 4. The van der Waals surface area contributed by atoms with E-state index in [0.29, 0.717) is 5.52 Å². The maximum absolute atomic E-state index is 12.4. The number of fused-ring (bicyclic) bond motifs is 1. The number of benzene rings is 2. The van der Waals surface area contributed by atoms with Crippen molar-refractivity contribution in [2.45, 2.75) is 11.4 Å². The van der Waals surface area contributed by atoms with E-state index in [1.54, 1.807) is 18.2 Å². The monoisotopic (exact) mass is 347 g/mol. The molecule has 1 aromatic heterocycles. The minimum atomic E-state index is -3.38. The molecule has 0 aliphatic carbocycles. The van der Waals surface area contributed by atoms with Crippen LogP contribution < -0.4 is 4.87 Å². The number of hydrogen-bond acceptors (Lipinski definition) is 5. The summed E-state index contributed by atoms with van der Waals surface area (Å²) in [6, 6.07) is 13.1. The van der Waals surface area contributed by atoms with Gasteiger partial charge in [0.25, 0.3) is 0 Å². The molecule has 118 valence electrons. The summed E-state index contributed by atoms with van der Waals surface area (Å²) in [4.78, 5) is 24.4. The molecule has 0 unspecified atom stereocenters. The van der Waals surface area contributed by atoms with Crippen molar-refractivity contribution in [2.24, 2.45) is 0 Å². The largest absolute Gasteiger partial charge is 0.308 e. The van der Waals surface area contributed by atoms with Gasteiger partial charge in [-0.05, 0) is 24.3 Å². The van der Waals surface area contributed by atoms with E-state index in [-0.39, 0.29) is 27.7 Å². The molecule has 23 heavy (non-hydrogen) atoms. The third kappa shape index (κ3) is 3.11. The summed E-state index contributed by atoms with van der Waals surface area (Å²) in [7, 11) is -3.38. The Bertz CT molecular complexity index is 1060. The summed E-state index contributed by atoms with van der Waals surface area (Å²) in [5.41, 5.74) is 0.977. The van der Waals surface area contributed by atoms with Crippen LogP contribution in [0.15, 0.2) is 58.2 Å². The van der Waals surface area contributed by atoms with E-state index >= 15 is 0 Å². The lowest BCUT2D eigenvalue weighted by atomic mass is 10.1. The van der Waals surface area contributed by atoms with Crippen molar-refractivity contribution in [2.75, 3.05) is 6.26 Å². The minimum Gasteiger partial charge on any atom is -0.292 e. The van der Waals surface area contributed by atoms with Gasteiger partial charge in [0.2, 0.25) is 0 Å². The average molecular weight is 347 g/mol. The Morgan fingerprint density at radius 2 is 1.87 bits per heavy atom. The molecule has 0 saturated heterocycles. The summed E-state index contributed by atoms with van der Waals surface area (Å²) >= 11 is 1.08. The molecule has 0 bridgehead atoms. The lowest BCUT2D eigenvalue weighted by Crippen LogP contribution is -2.19. The van der Waals surface area contributed by atoms with Gasteiger partial charge < -0.3 is 0 Å². The third-order valence-electron chi connectivity index (χ3n) is 3.46. The number of ketones is 1. The summed E-state index contributed by atoms with van der Waals surface area (Å²) < 4.78 is 25.4. The molecule has 1 heterocycles. The topological polar surface area (TPSA) is 73.2 Å². The SMILES string of the molecule is CS(=O)(=O)c1cccc(C(=O)Cn2c(=O)sc3ccccc32)c1. The summed E-state index contributed by atoms with van der Waals surface area (Å²) in [5.74, 6) is -0.304. The van der Waals surface area contributed by atoms with Gasteiger partial charge in [0.1, 0.15) is 0 Å². The molecule has 3 rings (SSSR count). The van der Waals surface area contributed by atoms with Crippen molar-refractivity contribution < 1.29 is 13.2 Å². The molecular weight excluding hydrogens is 334 g/mol. The Morgan fingerprint density at radius 1 is 1.13 bits per heavy atom. The zero-order valence-corrected chi connectivity index (χ0v) is 13.9. The number of thiazole rings is 1. The zero-order valence-electron chi connectivity index (χ0n) is 12.2. The van der Waals surface area contributed by atoms with Crippen molar-refractivity contribution in [3.63, 3.8) is 0 Å². The van der Waals surface area contributed by atoms with Crippen LogP contribution in [0.4, 0.5) is 0 Å². The zero-order chi connectivity index (χ0) is 16.6. The summed E-state index contributed by atoms with van der Waals surface area (Å²) in [6.07, 6.45) is 1.09. The number of hydrogen-bond donors (Lipinski definition) is 0. The first-order valence-electron chi connectivity index (χ1n) is 6.78. The quantitative estimate of drug-likeness (QED) is 0.679. The van der Waals surface area contributed by atoms with Crippen molar-refractivity contribution in [3.8, 4) is 0 Å². The van der Waals surface area contributed by atoms with Crippen LogP contribution in [0.3, 0.4) is 0 Å². The van der Waals surface area contributed by atoms with Crippen LogP contribution in [-0.2, 0) is 16.4 Å². The smallest absolute Gasteiger partial charge is 0.292 e. The molecule has 0 amide bonds. The summed E-state index contributed by atoms with van der Waals surface area (Å²) in [6.45, 7) is -0.115. The molecular formula is C16H13NO4S2. The highest BCUT2D eigenvalue weighted by Gasteiger charge is 2.15. The molecule has 0 spiro atoms. The highest BCUT2D eigenvalue weighted by molar-refractivity contribution is 7.90. The number of carbonyl (C=O) groups excluding carboxylic acids is 1. The second-order valence-corrected chi connectivity index (χ2v) is 8.15. The van der Waals surface area contributed by atoms with Crippen molar-refractivity contribution in [3.05, 3.63) is 63.8 Å². The van der Waals surface area contributed by atoms with E-state index in [9.17, 15) is 18.0 Å². The number of carbonyl (C=O) groups is 1. The minimum absolute atomic E-state index is 0.0888. The number of sulfone groups is 1. The van der Waals surface area contributed by atoms with Crippen LogP contribution in [0.1, 0.15) is 10.4 Å². The van der Waals surface area contributed by atoms with E-state index in [1.807, 2.05) is 12.1 Å². The Morgan fingerprint density at radius 3 is 2.61 bits per heavy atom. The predicted octanol–water partition coefficient (Wildman–Crippen LogP) is 2.35. The Hall–Kier alpha value is -2.25. The maximum atomic E-state index is 12.4. The van der Waals surface area contributed by atoms with Gasteiger partial charge in [-0.2, -0.15) is 0 Å².